The lowest BCUT2D eigenvalue weighted by Crippen LogP contribution is -2.46. The summed E-state index contributed by atoms with van der Waals surface area (Å²) in [4.78, 5) is 24.0. The molecule has 1 aromatic rings. The number of ether oxygens (including phenoxy) is 1. The first kappa shape index (κ1) is 14.9. The second kappa shape index (κ2) is 6.27. The van der Waals surface area contributed by atoms with Crippen LogP contribution in [0.5, 0.6) is 0 Å². The molecule has 0 bridgehead atoms. The number of nitrogens with zero attached hydrogens (tertiary/aromatic N) is 2. The van der Waals surface area contributed by atoms with Crippen molar-refractivity contribution in [2.45, 2.75) is 6.10 Å². The molecule has 0 aromatic heterocycles. The molecule has 0 N–H and O–H groups in total. The van der Waals surface area contributed by atoms with Crippen LogP contribution in [-0.4, -0.2) is 46.9 Å². The highest BCUT2D eigenvalue weighted by molar-refractivity contribution is 9.09. The highest BCUT2D eigenvalue weighted by Gasteiger charge is 2.29. The van der Waals surface area contributed by atoms with E-state index in [2.05, 4.69) is 15.9 Å². The van der Waals surface area contributed by atoms with E-state index < -0.39 is 22.3 Å². The van der Waals surface area contributed by atoms with Crippen LogP contribution in [0.15, 0.2) is 18.2 Å². The van der Waals surface area contributed by atoms with Crippen LogP contribution in [0.25, 0.3) is 0 Å². The first-order valence-electron chi connectivity index (χ1n) is 5.93. The maximum atomic E-state index is 13.3. The Balaban J connectivity index is 2.28. The molecule has 1 unspecified atom stereocenters. The van der Waals surface area contributed by atoms with Crippen molar-refractivity contribution in [3.05, 3.63) is 39.7 Å². The Bertz CT molecular complexity index is 540. The standard InChI is InChI=1S/C12H12BrFN2O4/c13-6-9-7-15(3-4-20-9)12(17)10-5-8(14)1-2-11(10)16(18)19/h1-2,5,9H,3-4,6-7H2. The zero-order chi connectivity index (χ0) is 14.7. The van der Waals surface area contributed by atoms with Crippen LogP contribution in [0.1, 0.15) is 10.4 Å². The zero-order valence-corrected chi connectivity index (χ0v) is 12.0. The van der Waals surface area contributed by atoms with Gasteiger partial charge in [0.2, 0.25) is 0 Å². The van der Waals surface area contributed by atoms with Gasteiger partial charge >= 0.3 is 0 Å². The summed E-state index contributed by atoms with van der Waals surface area (Å²) in [6.07, 6.45) is -0.166. The third-order valence-electron chi connectivity index (χ3n) is 2.98. The van der Waals surface area contributed by atoms with Crippen LogP contribution >= 0.6 is 15.9 Å². The average Bonchev–Trinajstić information content (AvgIpc) is 2.46. The van der Waals surface area contributed by atoms with E-state index >= 15 is 0 Å². The second-order valence-electron chi connectivity index (χ2n) is 4.32. The van der Waals surface area contributed by atoms with Gasteiger partial charge in [0.15, 0.2) is 0 Å². The molecule has 1 atom stereocenters. The summed E-state index contributed by atoms with van der Waals surface area (Å²) >= 11 is 3.26. The van der Waals surface area contributed by atoms with Gasteiger partial charge in [0.05, 0.1) is 17.6 Å². The quantitative estimate of drug-likeness (QED) is 0.476. The SMILES string of the molecule is O=C(c1cc(F)ccc1[N+](=O)[O-])N1CCOC(CBr)C1. The van der Waals surface area contributed by atoms with Crippen LogP contribution in [0.4, 0.5) is 10.1 Å². The topological polar surface area (TPSA) is 72.7 Å². The summed E-state index contributed by atoms with van der Waals surface area (Å²) in [5.74, 6) is -1.23. The molecule has 8 heteroatoms. The third-order valence-corrected chi connectivity index (χ3v) is 3.71. The van der Waals surface area contributed by atoms with Gasteiger partial charge in [0.1, 0.15) is 11.4 Å². The molecule has 1 fully saturated rings. The highest BCUT2D eigenvalue weighted by atomic mass is 79.9. The Morgan fingerprint density at radius 2 is 2.35 bits per heavy atom. The van der Waals surface area contributed by atoms with E-state index in [9.17, 15) is 19.3 Å². The molecule has 0 saturated carbocycles. The Kier molecular flexibility index (Phi) is 4.66. The molecule has 1 aliphatic heterocycles. The van der Waals surface area contributed by atoms with Crippen molar-refractivity contribution >= 4 is 27.5 Å². The normalized spacial score (nSPS) is 18.9. The van der Waals surface area contributed by atoms with Gasteiger partial charge in [-0.25, -0.2) is 4.39 Å². The van der Waals surface area contributed by atoms with Crippen molar-refractivity contribution < 1.29 is 18.8 Å². The Morgan fingerprint density at radius 3 is 3.00 bits per heavy atom. The molecule has 1 amide bonds. The highest BCUT2D eigenvalue weighted by Crippen LogP contribution is 2.22. The molecule has 0 radical (unpaired) electrons. The van der Waals surface area contributed by atoms with E-state index in [0.29, 0.717) is 25.0 Å². The molecule has 1 heterocycles. The molecular weight excluding hydrogens is 335 g/mol. The maximum absolute atomic E-state index is 13.3. The zero-order valence-electron chi connectivity index (χ0n) is 10.4. The van der Waals surface area contributed by atoms with E-state index in [1.165, 1.54) is 4.90 Å². The van der Waals surface area contributed by atoms with Gasteiger partial charge in [0.25, 0.3) is 11.6 Å². The largest absolute Gasteiger partial charge is 0.374 e. The molecule has 0 aliphatic carbocycles. The van der Waals surface area contributed by atoms with Crippen LogP contribution in [0.2, 0.25) is 0 Å². The molecule has 1 saturated heterocycles. The summed E-state index contributed by atoms with van der Waals surface area (Å²) in [5.41, 5.74) is -0.622. The van der Waals surface area contributed by atoms with Crippen molar-refractivity contribution in [3.8, 4) is 0 Å². The lowest BCUT2D eigenvalue weighted by Gasteiger charge is -2.32. The van der Waals surface area contributed by atoms with E-state index in [-0.39, 0.29) is 11.7 Å². The molecule has 2 rings (SSSR count). The van der Waals surface area contributed by atoms with E-state index in [1.54, 1.807) is 0 Å². The van der Waals surface area contributed by atoms with Crippen molar-refractivity contribution in [1.29, 1.82) is 0 Å². The van der Waals surface area contributed by atoms with Crippen LogP contribution < -0.4 is 0 Å². The van der Waals surface area contributed by atoms with E-state index in [0.717, 1.165) is 18.2 Å². The molecule has 20 heavy (non-hydrogen) atoms. The number of alkyl halides is 1. The van der Waals surface area contributed by atoms with E-state index in [1.807, 2.05) is 0 Å². The van der Waals surface area contributed by atoms with Crippen molar-refractivity contribution in [1.82, 2.24) is 4.90 Å². The molecular formula is C12H12BrFN2O4. The monoisotopic (exact) mass is 346 g/mol. The minimum Gasteiger partial charge on any atom is -0.374 e. The minimum absolute atomic E-state index is 0.166. The number of amides is 1. The molecule has 108 valence electrons. The lowest BCUT2D eigenvalue weighted by molar-refractivity contribution is -0.385. The number of carbonyl (C=O) groups is 1. The fraction of sp³-hybridized carbons (Fsp3) is 0.417. The number of nitro groups is 1. The summed E-state index contributed by atoms with van der Waals surface area (Å²) in [7, 11) is 0. The summed E-state index contributed by atoms with van der Waals surface area (Å²) < 4.78 is 18.7. The van der Waals surface area contributed by atoms with Crippen molar-refractivity contribution in [2.75, 3.05) is 25.0 Å². The number of carbonyl (C=O) groups excluding carboxylic acids is 1. The molecule has 6 nitrogen and oxygen atoms in total. The Hall–Kier alpha value is -1.54. The van der Waals surface area contributed by atoms with Gasteiger partial charge in [-0.15, -0.1) is 0 Å². The second-order valence-corrected chi connectivity index (χ2v) is 4.96. The van der Waals surface area contributed by atoms with Gasteiger partial charge in [-0.05, 0) is 12.1 Å². The third kappa shape index (κ3) is 3.13. The summed E-state index contributed by atoms with van der Waals surface area (Å²) in [6, 6.07) is 2.87. The average molecular weight is 347 g/mol. The fourth-order valence-electron chi connectivity index (χ4n) is 2.01. The molecule has 1 aromatic carbocycles. The van der Waals surface area contributed by atoms with Crippen LogP contribution in [0, 0.1) is 15.9 Å². The predicted octanol–water partition coefficient (Wildman–Crippen LogP) is 1.97. The number of hydrogen-bond donors (Lipinski definition) is 0. The van der Waals surface area contributed by atoms with E-state index in [4.69, 9.17) is 4.74 Å². The van der Waals surface area contributed by atoms with Gasteiger partial charge in [-0.2, -0.15) is 0 Å². The van der Waals surface area contributed by atoms with Gasteiger partial charge in [0, 0.05) is 24.5 Å². The summed E-state index contributed by atoms with van der Waals surface area (Å²) in [5, 5.41) is 11.5. The number of hydrogen-bond acceptors (Lipinski definition) is 4. The van der Waals surface area contributed by atoms with Gasteiger partial charge in [-0.1, -0.05) is 15.9 Å². The van der Waals surface area contributed by atoms with Crippen LogP contribution in [-0.2, 0) is 4.74 Å². The predicted molar refractivity (Wildman–Crippen MR) is 72.5 cm³/mol. The molecule has 0 spiro atoms. The smallest absolute Gasteiger partial charge is 0.282 e. The minimum atomic E-state index is -0.685. The number of nitro benzene ring substituents is 1. The fourth-order valence-corrected chi connectivity index (χ4v) is 2.40. The van der Waals surface area contributed by atoms with Gasteiger partial charge in [-0.3, -0.25) is 14.9 Å². The first-order valence-corrected chi connectivity index (χ1v) is 7.06. The van der Waals surface area contributed by atoms with Crippen molar-refractivity contribution in [3.63, 3.8) is 0 Å². The first-order chi connectivity index (χ1) is 9.52. The number of rotatable bonds is 3. The maximum Gasteiger partial charge on any atom is 0.282 e. The lowest BCUT2D eigenvalue weighted by atomic mass is 10.1. The van der Waals surface area contributed by atoms with Crippen LogP contribution in [0.3, 0.4) is 0 Å². The number of morpholine rings is 1. The number of halogens is 2. The Labute approximate surface area is 122 Å². The Morgan fingerprint density at radius 1 is 1.60 bits per heavy atom. The summed E-state index contributed by atoms with van der Waals surface area (Å²) in [6.45, 7) is 0.999. The van der Waals surface area contributed by atoms with Gasteiger partial charge < -0.3 is 9.64 Å². The number of benzene rings is 1. The van der Waals surface area contributed by atoms with Crippen molar-refractivity contribution in [2.24, 2.45) is 0 Å². The molecule has 1 aliphatic rings.